The third-order valence-corrected chi connectivity index (χ3v) is 2.97. The highest BCUT2D eigenvalue weighted by Crippen LogP contribution is 2.31. The second kappa shape index (κ2) is 5.23. The number of benzene rings is 1. The van der Waals surface area contributed by atoms with E-state index in [1.165, 1.54) is 16.8 Å². The van der Waals surface area contributed by atoms with Gasteiger partial charge in [0.05, 0.1) is 0 Å². The van der Waals surface area contributed by atoms with Crippen LogP contribution in [0.5, 0.6) is 5.75 Å². The van der Waals surface area contributed by atoms with Gasteiger partial charge in [-0.2, -0.15) is 8.78 Å². The molecule has 0 saturated heterocycles. The van der Waals surface area contributed by atoms with E-state index in [1.54, 1.807) is 12.1 Å². The summed E-state index contributed by atoms with van der Waals surface area (Å²) in [5.41, 5.74) is 6.91. The summed E-state index contributed by atoms with van der Waals surface area (Å²) in [7, 11) is 0. The Morgan fingerprint density at radius 2 is 1.76 bits per heavy atom. The van der Waals surface area contributed by atoms with Crippen LogP contribution < -0.4 is 16.3 Å². The quantitative estimate of drug-likeness (QED) is 0.854. The molecule has 114 valence electrons. The number of alkyl halides is 2. The van der Waals surface area contributed by atoms with E-state index >= 15 is 0 Å². The van der Waals surface area contributed by atoms with Crippen molar-refractivity contribution in [3.05, 3.63) is 30.1 Å². The summed E-state index contributed by atoms with van der Waals surface area (Å²) in [5, 5.41) is 0. The smallest absolute Gasteiger partial charge is 0.387 e. The number of ether oxygens (including phenoxy) is 1. The normalized spacial score (nSPS) is 11.9. The van der Waals surface area contributed by atoms with E-state index in [9.17, 15) is 8.78 Å². The Balaban J connectivity index is 2.39. The highest BCUT2D eigenvalue weighted by molar-refractivity contribution is 5.71. The minimum Gasteiger partial charge on any atom is -0.435 e. The molecular weight excluding hydrogens is 278 g/mol. The summed E-state index contributed by atoms with van der Waals surface area (Å²) in [5.74, 6) is 6.97. The van der Waals surface area contributed by atoms with E-state index < -0.39 is 6.61 Å². The molecule has 0 fully saturated rings. The molecule has 1 aromatic heterocycles. The Kier molecular flexibility index (Phi) is 3.76. The minimum atomic E-state index is -2.85. The van der Waals surface area contributed by atoms with Crippen molar-refractivity contribution in [3.8, 4) is 17.0 Å². The molecule has 7 heteroatoms. The van der Waals surface area contributed by atoms with E-state index in [2.05, 4.69) is 9.72 Å². The van der Waals surface area contributed by atoms with Gasteiger partial charge < -0.3 is 16.3 Å². The van der Waals surface area contributed by atoms with Crippen LogP contribution in [0, 0.1) is 0 Å². The fraction of sp³-hybridized carbons (Fsp3) is 0.357. The van der Waals surface area contributed by atoms with Crippen LogP contribution in [0.4, 0.5) is 14.6 Å². The number of anilines is 1. The van der Waals surface area contributed by atoms with Gasteiger partial charge in [-0.1, -0.05) is 20.8 Å². The first-order valence-electron chi connectivity index (χ1n) is 6.39. The maximum atomic E-state index is 12.1. The van der Waals surface area contributed by atoms with Gasteiger partial charge in [-0.3, -0.25) is 0 Å². The zero-order valence-electron chi connectivity index (χ0n) is 12.1. The molecule has 0 saturated carbocycles. The summed E-state index contributed by atoms with van der Waals surface area (Å²) in [4.78, 5) is 4.47. The zero-order valence-corrected chi connectivity index (χ0v) is 12.1. The van der Waals surface area contributed by atoms with Crippen LogP contribution >= 0.6 is 0 Å². The lowest BCUT2D eigenvalue weighted by Gasteiger charge is -2.17. The molecule has 0 amide bonds. The molecule has 1 heterocycles. The number of hydrogen-bond donors (Lipinski definition) is 2. The first-order chi connectivity index (χ1) is 9.70. The minimum absolute atomic E-state index is 0.0792. The molecule has 0 bridgehead atoms. The first-order valence-corrected chi connectivity index (χ1v) is 6.39. The lowest BCUT2D eigenvalue weighted by molar-refractivity contribution is -0.0498. The van der Waals surface area contributed by atoms with Gasteiger partial charge >= 0.3 is 6.61 Å². The average Bonchev–Trinajstić information content (AvgIpc) is 2.67. The van der Waals surface area contributed by atoms with E-state index in [-0.39, 0.29) is 11.2 Å². The van der Waals surface area contributed by atoms with Crippen molar-refractivity contribution in [3.63, 3.8) is 0 Å². The molecule has 0 spiro atoms. The SMILES string of the molecule is CC(C)(C)c1nc(-c2ccc(OC(F)F)cc2)c(N)n1N. The van der Waals surface area contributed by atoms with Crippen molar-refractivity contribution in [2.45, 2.75) is 32.8 Å². The standard InChI is InChI=1S/C14H18F2N4O/c1-14(2,3)12-19-10(11(17)20(12)18)8-4-6-9(7-5-8)21-13(15)16/h4-7,13H,17-18H2,1-3H3. The highest BCUT2D eigenvalue weighted by Gasteiger charge is 2.24. The largest absolute Gasteiger partial charge is 0.435 e. The fourth-order valence-electron chi connectivity index (χ4n) is 1.98. The molecule has 0 atom stereocenters. The molecule has 21 heavy (non-hydrogen) atoms. The highest BCUT2D eigenvalue weighted by atomic mass is 19.3. The third kappa shape index (κ3) is 3.07. The van der Waals surface area contributed by atoms with E-state index in [1.807, 2.05) is 20.8 Å². The Labute approximate surface area is 121 Å². The molecular formula is C14H18F2N4O. The topological polar surface area (TPSA) is 79.1 Å². The van der Waals surface area contributed by atoms with Crippen LogP contribution in [-0.2, 0) is 5.41 Å². The Morgan fingerprint density at radius 1 is 1.19 bits per heavy atom. The Bertz CT molecular complexity index is 630. The van der Waals surface area contributed by atoms with Crippen LogP contribution in [0.2, 0.25) is 0 Å². The number of nitrogens with zero attached hydrogens (tertiary/aromatic N) is 2. The van der Waals surface area contributed by atoms with Crippen molar-refractivity contribution in [2.24, 2.45) is 0 Å². The number of hydrogen-bond acceptors (Lipinski definition) is 4. The van der Waals surface area contributed by atoms with Crippen LogP contribution in [0.3, 0.4) is 0 Å². The van der Waals surface area contributed by atoms with Gasteiger partial charge in [0.15, 0.2) is 5.82 Å². The van der Waals surface area contributed by atoms with E-state index in [4.69, 9.17) is 11.6 Å². The van der Waals surface area contributed by atoms with Gasteiger partial charge in [-0.15, -0.1) is 0 Å². The van der Waals surface area contributed by atoms with Gasteiger partial charge in [0, 0.05) is 11.0 Å². The second-order valence-electron chi connectivity index (χ2n) is 5.69. The molecule has 0 unspecified atom stereocenters. The molecule has 5 nitrogen and oxygen atoms in total. The summed E-state index contributed by atoms with van der Waals surface area (Å²) in [6.45, 7) is 3.07. The average molecular weight is 296 g/mol. The molecule has 0 aliphatic carbocycles. The Hall–Kier alpha value is -2.31. The van der Waals surface area contributed by atoms with Gasteiger partial charge in [0.2, 0.25) is 0 Å². The molecule has 0 aliphatic rings. The summed E-state index contributed by atoms with van der Waals surface area (Å²) in [6.07, 6.45) is 0. The van der Waals surface area contributed by atoms with Crippen molar-refractivity contribution in [2.75, 3.05) is 11.6 Å². The third-order valence-electron chi connectivity index (χ3n) is 2.97. The number of halogens is 2. The van der Waals surface area contributed by atoms with Gasteiger partial charge in [0.25, 0.3) is 0 Å². The summed E-state index contributed by atoms with van der Waals surface area (Å²) < 4.78 is 29.9. The molecule has 2 rings (SSSR count). The van der Waals surface area contributed by atoms with Gasteiger partial charge in [0.1, 0.15) is 17.3 Å². The molecule has 1 aromatic carbocycles. The number of nitrogens with two attached hydrogens (primary N) is 2. The van der Waals surface area contributed by atoms with Crippen LogP contribution in [0.15, 0.2) is 24.3 Å². The van der Waals surface area contributed by atoms with E-state index in [0.29, 0.717) is 22.9 Å². The van der Waals surface area contributed by atoms with Crippen molar-refractivity contribution in [1.29, 1.82) is 0 Å². The maximum Gasteiger partial charge on any atom is 0.387 e. The van der Waals surface area contributed by atoms with Crippen LogP contribution in [0.25, 0.3) is 11.3 Å². The van der Waals surface area contributed by atoms with E-state index in [0.717, 1.165) is 0 Å². The van der Waals surface area contributed by atoms with Crippen molar-refractivity contribution >= 4 is 5.82 Å². The second-order valence-corrected chi connectivity index (χ2v) is 5.69. The number of aromatic nitrogens is 2. The molecule has 4 N–H and O–H groups in total. The predicted octanol–water partition coefficient (Wildman–Crippen LogP) is 2.74. The molecule has 0 radical (unpaired) electrons. The van der Waals surface area contributed by atoms with Crippen LogP contribution in [-0.4, -0.2) is 16.3 Å². The van der Waals surface area contributed by atoms with Gasteiger partial charge in [-0.25, -0.2) is 9.66 Å². The fourth-order valence-corrected chi connectivity index (χ4v) is 1.98. The number of imidazole rings is 1. The van der Waals surface area contributed by atoms with Crippen molar-refractivity contribution in [1.82, 2.24) is 9.66 Å². The molecule has 0 aliphatic heterocycles. The van der Waals surface area contributed by atoms with Crippen molar-refractivity contribution < 1.29 is 13.5 Å². The van der Waals surface area contributed by atoms with Gasteiger partial charge in [-0.05, 0) is 24.3 Å². The predicted molar refractivity (Wildman–Crippen MR) is 77.6 cm³/mol. The summed E-state index contributed by atoms with van der Waals surface area (Å²) in [6, 6.07) is 6.10. The zero-order chi connectivity index (χ0) is 15.8. The Morgan fingerprint density at radius 3 is 2.19 bits per heavy atom. The monoisotopic (exact) mass is 296 g/mol. The first kappa shape index (κ1) is 15.1. The lowest BCUT2D eigenvalue weighted by Crippen LogP contribution is -2.24. The molecule has 2 aromatic rings. The lowest BCUT2D eigenvalue weighted by atomic mass is 9.96. The summed E-state index contributed by atoms with van der Waals surface area (Å²) >= 11 is 0. The maximum absolute atomic E-state index is 12.1. The van der Waals surface area contributed by atoms with Crippen LogP contribution in [0.1, 0.15) is 26.6 Å². The number of nitrogen functional groups attached to an aromatic ring is 2. The number of rotatable bonds is 3.